The average Bonchev–Trinajstić information content (AvgIpc) is 2.98. The molecule has 1 amide bonds. The molecular weight excluding hydrogens is 254 g/mol. The highest BCUT2D eigenvalue weighted by molar-refractivity contribution is 7.13. The van der Waals surface area contributed by atoms with Gasteiger partial charge in [-0.3, -0.25) is 4.68 Å². The van der Waals surface area contributed by atoms with Crippen molar-refractivity contribution in [2.45, 2.75) is 19.4 Å². The zero-order valence-electron chi connectivity index (χ0n) is 9.61. The first-order valence-electron chi connectivity index (χ1n) is 5.52. The summed E-state index contributed by atoms with van der Waals surface area (Å²) in [5, 5.41) is 21.5. The van der Waals surface area contributed by atoms with Gasteiger partial charge in [0.05, 0.1) is 6.20 Å². The first kappa shape index (κ1) is 12.5. The smallest absolute Gasteiger partial charge is 0.404 e. The molecule has 2 heterocycles. The Kier molecular flexibility index (Phi) is 4.24. The van der Waals surface area contributed by atoms with E-state index in [0.29, 0.717) is 6.54 Å². The largest absolute Gasteiger partial charge is 0.465 e. The second kappa shape index (κ2) is 6.10. The zero-order valence-corrected chi connectivity index (χ0v) is 10.4. The van der Waals surface area contributed by atoms with E-state index < -0.39 is 6.09 Å². The molecule has 0 atom stereocenters. The maximum absolute atomic E-state index is 10.2. The van der Waals surface area contributed by atoms with E-state index in [-0.39, 0.29) is 0 Å². The molecule has 0 saturated carbocycles. The highest BCUT2D eigenvalue weighted by atomic mass is 32.1. The van der Waals surface area contributed by atoms with Crippen LogP contribution in [-0.2, 0) is 6.54 Å². The monoisotopic (exact) mass is 267 g/mol. The third-order valence-corrected chi connectivity index (χ3v) is 3.08. The van der Waals surface area contributed by atoms with Crippen LogP contribution in [0.5, 0.6) is 0 Å². The maximum atomic E-state index is 10.2. The van der Waals surface area contributed by atoms with Gasteiger partial charge in [0, 0.05) is 24.7 Å². The topological polar surface area (TPSA) is 92.9 Å². The number of aromatic nitrogens is 4. The summed E-state index contributed by atoms with van der Waals surface area (Å²) in [5.41, 5.74) is 0.772. The molecule has 2 aromatic heterocycles. The molecular formula is C10H13N5O2S. The number of rotatable bonds is 6. The van der Waals surface area contributed by atoms with Gasteiger partial charge in [-0.25, -0.2) is 9.78 Å². The molecule has 0 aliphatic carbocycles. The van der Waals surface area contributed by atoms with Crippen LogP contribution in [0, 0.1) is 0 Å². The molecule has 0 bridgehead atoms. The third-order valence-electron chi connectivity index (χ3n) is 2.28. The van der Waals surface area contributed by atoms with E-state index >= 15 is 0 Å². The molecule has 2 rings (SSSR count). The van der Waals surface area contributed by atoms with Gasteiger partial charge in [0.15, 0.2) is 0 Å². The first-order chi connectivity index (χ1) is 8.75. The van der Waals surface area contributed by atoms with Crippen LogP contribution in [0.15, 0.2) is 17.8 Å². The average molecular weight is 267 g/mol. The SMILES string of the molecule is O=C(O)NCCCCn1cc(-c2nccs2)nn1. The van der Waals surface area contributed by atoms with Crippen molar-refractivity contribution in [1.82, 2.24) is 25.3 Å². The van der Waals surface area contributed by atoms with Crippen LogP contribution in [-0.4, -0.2) is 37.7 Å². The Balaban J connectivity index is 1.76. The minimum Gasteiger partial charge on any atom is -0.465 e. The molecule has 8 heteroatoms. The van der Waals surface area contributed by atoms with E-state index in [4.69, 9.17) is 5.11 Å². The summed E-state index contributed by atoms with van der Waals surface area (Å²) in [6.07, 6.45) is 4.22. The van der Waals surface area contributed by atoms with Gasteiger partial charge in [-0.1, -0.05) is 5.21 Å². The highest BCUT2D eigenvalue weighted by Crippen LogP contribution is 2.18. The lowest BCUT2D eigenvalue weighted by molar-refractivity contribution is 0.194. The van der Waals surface area contributed by atoms with Gasteiger partial charge in [-0.05, 0) is 12.8 Å². The lowest BCUT2D eigenvalue weighted by Gasteiger charge is -2.00. The second-order valence-electron chi connectivity index (χ2n) is 3.64. The molecule has 7 nitrogen and oxygen atoms in total. The molecule has 0 unspecified atom stereocenters. The van der Waals surface area contributed by atoms with E-state index in [1.54, 1.807) is 10.9 Å². The number of aryl methyl sites for hydroxylation is 1. The summed E-state index contributed by atoms with van der Waals surface area (Å²) in [5.74, 6) is 0. The Morgan fingerprint density at radius 3 is 3.11 bits per heavy atom. The fourth-order valence-electron chi connectivity index (χ4n) is 1.45. The lowest BCUT2D eigenvalue weighted by atomic mass is 10.3. The van der Waals surface area contributed by atoms with E-state index in [9.17, 15) is 4.79 Å². The van der Waals surface area contributed by atoms with Crippen molar-refractivity contribution in [3.05, 3.63) is 17.8 Å². The second-order valence-corrected chi connectivity index (χ2v) is 4.54. The van der Waals surface area contributed by atoms with Crippen LogP contribution in [0.1, 0.15) is 12.8 Å². The van der Waals surface area contributed by atoms with E-state index in [1.807, 2.05) is 11.6 Å². The van der Waals surface area contributed by atoms with Crippen molar-refractivity contribution in [2.75, 3.05) is 6.54 Å². The molecule has 18 heavy (non-hydrogen) atoms. The number of unbranched alkanes of at least 4 members (excludes halogenated alkanes) is 1. The number of amides is 1. The number of hydrogen-bond acceptors (Lipinski definition) is 5. The lowest BCUT2D eigenvalue weighted by Crippen LogP contribution is -2.22. The number of nitrogens with zero attached hydrogens (tertiary/aromatic N) is 4. The van der Waals surface area contributed by atoms with Gasteiger partial charge >= 0.3 is 6.09 Å². The summed E-state index contributed by atoms with van der Waals surface area (Å²) in [7, 11) is 0. The molecule has 0 fully saturated rings. The third kappa shape index (κ3) is 3.52. The zero-order chi connectivity index (χ0) is 12.8. The Morgan fingerprint density at radius 1 is 1.50 bits per heavy atom. The van der Waals surface area contributed by atoms with Crippen molar-refractivity contribution in [1.29, 1.82) is 0 Å². The predicted octanol–water partition coefficient (Wildman–Crippen LogP) is 1.45. The van der Waals surface area contributed by atoms with Gasteiger partial charge < -0.3 is 10.4 Å². The molecule has 0 radical (unpaired) electrons. The van der Waals surface area contributed by atoms with Crippen LogP contribution in [0.4, 0.5) is 4.79 Å². The van der Waals surface area contributed by atoms with Crippen LogP contribution in [0.3, 0.4) is 0 Å². The normalized spacial score (nSPS) is 10.4. The number of carbonyl (C=O) groups is 1. The Morgan fingerprint density at radius 2 is 2.39 bits per heavy atom. The minimum absolute atomic E-state index is 0.462. The molecule has 0 saturated heterocycles. The van der Waals surface area contributed by atoms with Crippen LogP contribution >= 0.6 is 11.3 Å². The van der Waals surface area contributed by atoms with E-state index in [0.717, 1.165) is 30.1 Å². The highest BCUT2D eigenvalue weighted by Gasteiger charge is 2.05. The summed E-state index contributed by atoms with van der Waals surface area (Å²) in [6, 6.07) is 0. The Bertz CT molecular complexity index is 496. The van der Waals surface area contributed by atoms with Crippen LogP contribution in [0.2, 0.25) is 0 Å². The first-order valence-corrected chi connectivity index (χ1v) is 6.40. The molecule has 0 aromatic carbocycles. The van der Waals surface area contributed by atoms with E-state index in [1.165, 1.54) is 11.3 Å². The van der Waals surface area contributed by atoms with Crippen molar-refractivity contribution in [2.24, 2.45) is 0 Å². The summed E-state index contributed by atoms with van der Waals surface area (Å²) in [4.78, 5) is 14.4. The molecule has 0 spiro atoms. The molecule has 2 N–H and O–H groups in total. The molecule has 2 aromatic rings. The minimum atomic E-state index is -0.984. The van der Waals surface area contributed by atoms with Crippen molar-refractivity contribution in [3.63, 3.8) is 0 Å². The van der Waals surface area contributed by atoms with E-state index in [2.05, 4.69) is 20.6 Å². The quantitative estimate of drug-likeness (QED) is 0.773. The fourth-order valence-corrected chi connectivity index (χ4v) is 2.04. The van der Waals surface area contributed by atoms with Crippen molar-refractivity contribution in [3.8, 4) is 10.7 Å². The molecule has 0 aliphatic rings. The predicted molar refractivity (Wildman–Crippen MR) is 66.4 cm³/mol. The number of nitrogens with one attached hydrogen (secondary N) is 1. The fraction of sp³-hybridized carbons (Fsp3) is 0.400. The van der Waals surface area contributed by atoms with Crippen LogP contribution in [0.25, 0.3) is 10.7 Å². The van der Waals surface area contributed by atoms with Crippen molar-refractivity contribution < 1.29 is 9.90 Å². The van der Waals surface area contributed by atoms with Gasteiger partial charge in [-0.15, -0.1) is 16.4 Å². The van der Waals surface area contributed by atoms with Crippen molar-refractivity contribution >= 4 is 17.4 Å². The standard InChI is InChI=1S/C10H13N5O2S/c16-10(17)12-3-1-2-5-15-7-8(13-14-15)9-11-4-6-18-9/h4,6-7,12H,1-3,5H2,(H,16,17). The number of hydrogen-bond donors (Lipinski definition) is 2. The van der Waals surface area contributed by atoms with Gasteiger partial charge in [-0.2, -0.15) is 0 Å². The Hall–Kier alpha value is -1.96. The number of thiazole rings is 1. The van der Waals surface area contributed by atoms with Crippen LogP contribution < -0.4 is 5.32 Å². The van der Waals surface area contributed by atoms with Gasteiger partial charge in [0.1, 0.15) is 10.7 Å². The Labute approximate surface area is 107 Å². The van der Waals surface area contributed by atoms with Gasteiger partial charge in [0.25, 0.3) is 0 Å². The van der Waals surface area contributed by atoms with Gasteiger partial charge in [0.2, 0.25) is 0 Å². The summed E-state index contributed by atoms with van der Waals surface area (Å²) >= 11 is 1.52. The number of carboxylic acid groups (broad SMARTS) is 1. The molecule has 96 valence electrons. The summed E-state index contributed by atoms with van der Waals surface area (Å²) in [6.45, 7) is 1.18. The summed E-state index contributed by atoms with van der Waals surface area (Å²) < 4.78 is 1.75. The maximum Gasteiger partial charge on any atom is 0.404 e. The molecule has 0 aliphatic heterocycles.